The van der Waals surface area contributed by atoms with Gasteiger partial charge in [-0.3, -0.25) is 4.79 Å². The number of amides is 1. The fourth-order valence-corrected chi connectivity index (χ4v) is 1.17. The predicted octanol–water partition coefficient (Wildman–Crippen LogP) is 1.75. The Morgan fingerprint density at radius 3 is 2.54 bits per heavy atom. The topological polar surface area (TPSA) is 40.5 Å². The molecule has 0 fully saturated rings. The maximum Gasteiger partial charge on any atom is 0.254 e. The number of hydrogen-bond donors (Lipinski definition) is 1. The minimum Gasteiger partial charge on any atom is -0.508 e. The zero-order valence-corrected chi connectivity index (χ0v) is 8.17. The summed E-state index contributed by atoms with van der Waals surface area (Å²) in [5, 5.41) is 9.31. The molecule has 3 nitrogen and oxygen atoms in total. The smallest absolute Gasteiger partial charge is 0.254 e. The Balaban J connectivity index is 3.09. The summed E-state index contributed by atoms with van der Waals surface area (Å²) in [7, 11) is 3.29. The van der Waals surface area contributed by atoms with E-state index in [1.807, 2.05) is 0 Å². The molecule has 0 heterocycles. The van der Waals surface area contributed by atoms with Gasteiger partial charge in [0.2, 0.25) is 0 Å². The molecule has 0 unspecified atom stereocenters. The van der Waals surface area contributed by atoms with Crippen LogP contribution in [0.4, 0.5) is 0 Å². The van der Waals surface area contributed by atoms with Crippen molar-refractivity contribution >= 4 is 17.5 Å². The molecular formula is C9H10ClNO2. The Hall–Kier alpha value is -1.22. The standard InChI is InChI=1S/C9H10ClNO2/c1-11(2)9(13)7-4-3-6(12)5-8(7)10/h3-5,12H,1-2H3. The van der Waals surface area contributed by atoms with E-state index >= 15 is 0 Å². The van der Waals surface area contributed by atoms with E-state index in [4.69, 9.17) is 16.7 Å². The van der Waals surface area contributed by atoms with Gasteiger partial charge in [-0.2, -0.15) is 0 Å². The summed E-state index contributed by atoms with van der Waals surface area (Å²) in [6.45, 7) is 0. The lowest BCUT2D eigenvalue weighted by Crippen LogP contribution is -2.21. The van der Waals surface area contributed by atoms with E-state index in [0.717, 1.165) is 0 Å². The van der Waals surface area contributed by atoms with Crippen LogP contribution in [0.5, 0.6) is 5.75 Å². The first kappa shape index (κ1) is 9.86. The van der Waals surface area contributed by atoms with Crippen molar-refractivity contribution in [2.45, 2.75) is 0 Å². The summed E-state index contributed by atoms with van der Waals surface area (Å²) >= 11 is 5.76. The lowest BCUT2D eigenvalue weighted by molar-refractivity contribution is 0.0828. The van der Waals surface area contributed by atoms with Crippen molar-refractivity contribution in [1.82, 2.24) is 4.90 Å². The molecule has 0 aliphatic carbocycles. The fourth-order valence-electron chi connectivity index (χ4n) is 0.918. The number of benzene rings is 1. The molecule has 1 N–H and O–H groups in total. The third-order valence-electron chi connectivity index (χ3n) is 1.59. The van der Waals surface area contributed by atoms with Crippen LogP contribution in [0.3, 0.4) is 0 Å². The number of hydrogen-bond acceptors (Lipinski definition) is 2. The van der Waals surface area contributed by atoms with Gasteiger partial charge in [0, 0.05) is 14.1 Å². The summed E-state index contributed by atoms with van der Waals surface area (Å²) in [4.78, 5) is 12.9. The lowest BCUT2D eigenvalue weighted by atomic mass is 10.2. The van der Waals surface area contributed by atoms with Crippen LogP contribution < -0.4 is 0 Å². The quantitative estimate of drug-likeness (QED) is 0.749. The van der Waals surface area contributed by atoms with Crippen molar-refractivity contribution < 1.29 is 9.90 Å². The van der Waals surface area contributed by atoms with E-state index < -0.39 is 0 Å². The first-order chi connectivity index (χ1) is 6.02. The van der Waals surface area contributed by atoms with Crippen LogP contribution in [0.2, 0.25) is 5.02 Å². The molecule has 1 rings (SSSR count). The Morgan fingerprint density at radius 2 is 2.08 bits per heavy atom. The van der Waals surface area contributed by atoms with Crippen LogP contribution in [-0.2, 0) is 0 Å². The van der Waals surface area contributed by atoms with Crippen molar-refractivity contribution in [1.29, 1.82) is 0 Å². The number of carbonyl (C=O) groups excluding carboxylic acids is 1. The van der Waals surface area contributed by atoms with Crippen LogP contribution in [-0.4, -0.2) is 30.0 Å². The maximum absolute atomic E-state index is 11.4. The zero-order chi connectivity index (χ0) is 10.0. The Labute approximate surface area is 81.5 Å². The van der Waals surface area contributed by atoms with Gasteiger partial charge in [0.05, 0.1) is 10.6 Å². The molecule has 1 amide bonds. The van der Waals surface area contributed by atoms with Gasteiger partial charge in [0.25, 0.3) is 5.91 Å². The largest absolute Gasteiger partial charge is 0.508 e. The molecule has 0 aliphatic heterocycles. The van der Waals surface area contributed by atoms with Crippen molar-refractivity contribution in [3.63, 3.8) is 0 Å². The average Bonchev–Trinajstić information content (AvgIpc) is 2.03. The van der Waals surface area contributed by atoms with Crippen molar-refractivity contribution in [2.75, 3.05) is 14.1 Å². The molecule has 4 heteroatoms. The maximum atomic E-state index is 11.4. The molecule has 1 aromatic rings. The van der Waals surface area contributed by atoms with Crippen LogP contribution in [0.15, 0.2) is 18.2 Å². The minimum atomic E-state index is -0.176. The van der Waals surface area contributed by atoms with Gasteiger partial charge in [-0.1, -0.05) is 11.6 Å². The zero-order valence-electron chi connectivity index (χ0n) is 7.41. The second-order valence-corrected chi connectivity index (χ2v) is 3.27. The van der Waals surface area contributed by atoms with Crippen molar-refractivity contribution in [2.24, 2.45) is 0 Å². The molecule has 0 aromatic heterocycles. The average molecular weight is 200 g/mol. The van der Waals surface area contributed by atoms with Gasteiger partial charge in [-0.25, -0.2) is 0 Å². The van der Waals surface area contributed by atoms with Gasteiger partial charge in [-0.15, -0.1) is 0 Å². The first-order valence-corrected chi connectivity index (χ1v) is 4.10. The van der Waals surface area contributed by atoms with Crippen LogP contribution >= 0.6 is 11.6 Å². The summed E-state index contributed by atoms with van der Waals surface area (Å²) < 4.78 is 0. The van der Waals surface area contributed by atoms with Gasteiger partial charge < -0.3 is 10.0 Å². The number of nitrogens with zero attached hydrogens (tertiary/aromatic N) is 1. The molecule has 0 spiro atoms. The second-order valence-electron chi connectivity index (χ2n) is 2.86. The van der Waals surface area contributed by atoms with E-state index in [2.05, 4.69) is 0 Å². The van der Waals surface area contributed by atoms with Gasteiger partial charge >= 0.3 is 0 Å². The summed E-state index contributed by atoms with van der Waals surface area (Å²) in [6, 6.07) is 4.28. The Morgan fingerprint density at radius 1 is 1.46 bits per heavy atom. The van der Waals surface area contributed by atoms with E-state index in [0.29, 0.717) is 5.56 Å². The Kier molecular flexibility index (Phi) is 2.78. The molecule has 0 saturated heterocycles. The predicted molar refractivity (Wildman–Crippen MR) is 51.1 cm³/mol. The molecular weight excluding hydrogens is 190 g/mol. The molecule has 0 aliphatic rings. The number of carbonyl (C=O) groups is 1. The van der Waals surface area contributed by atoms with Crippen molar-refractivity contribution in [3.8, 4) is 5.75 Å². The van der Waals surface area contributed by atoms with Gasteiger partial charge in [-0.05, 0) is 18.2 Å². The number of aromatic hydroxyl groups is 1. The summed E-state index contributed by atoms with van der Waals surface area (Å²) in [5.41, 5.74) is 0.393. The van der Waals surface area contributed by atoms with E-state index in [1.165, 1.54) is 23.1 Å². The monoisotopic (exact) mass is 199 g/mol. The lowest BCUT2D eigenvalue weighted by Gasteiger charge is -2.11. The number of halogens is 1. The molecule has 0 bridgehead atoms. The number of rotatable bonds is 1. The van der Waals surface area contributed by atoms with Gasteiger partial charge in [0.15, 0.2) is 0 Å². The first-order valence-electron chi connectivity index (χ1n) is 3.72. The highest BCUT2D eigenvalue weighted by atomic mass is 35.5. The summed E-state index contributed by atoms with van der Waals surface area (Å²) in [5.74, 6) is -0.120. The fraction of sp³-hybridized carbons (Fsp3) is 0.222. The minimum absolute atomic E-state index is 0.0558. The molecule has 1 aromatic carbocycles. The highest BCUT2D eigenvalue weighted by Crippen LogP contribution is 2.22. The molecule has 0 saturated carbocycles. The van der Waals surface area contributed by atoms with Crippen molar-refractivity contribution in [3.05, 3.63) is 28.8 Å². The normalized spacial score (nSPS) is 9.77. The molecule has 0 atom stereocenters. The number of phenols is 1. The van der Waals surface area contributed by atoms with Crippen LogP contribution in [0.1, 0.15) is 10.4 Å². The second kappa shape index (κ2) is 3.66. The SMILES string of the molecule is CN(C)C(=O)c1ccc(O)cc1Cl. The summed E-state index contributed by atoms with van der Waals surface area (Å²) in [6.07, 6.45) is 0. The molecule has 13 heavy (non-hydrogen) atoms. The van der Waals surface area contributed by atoms with Crippen LogP contribution in [0, 0.1) is 0 Å². The Bertz CT molecular complexity index is 336. The number of phenolic OH excluding ortho intramolecular Hbond substituents is 1. The third kappa shape index (κ3) is 2.12. The third-order valence-corrected chi connectivity index (χ3v) is 1.90. The van der Waals surface area contributed by atoms with E-state index in [1.54, 1.807) is 14.1 Å². The van der Waals surface area contributed by atoms with Crippen LogP contribution in [0.25, 0.3) is 0 Å². The van der Waals surface area contributed by atoms with E-state index in [-0.39, 0.29) is 16.7 Å². The molecule has 0 radical (unpaired) electrons. The van der Waals surface area contributed by atoms with E-state index in [9.17, 15) is 4.79 Å². The highest BCUT2D eigenvalue weighted by Gasteiger charge is 2.11. The van der Waals surface area contributed by atoms with Gasteiger partial charge in [0.1, 0.15) is 5.75 Å². The molecule has 70 valence electrons. The highest BCUT2D eigenvalue weighted by molar-refractivity contribution is 6.33.